The van der Waals surface area contributed by atoms with Gasteiger partial charge in [0, 0.05) is 15.4 Å². The molecule has 0 spiro atoms. The lowest BCUT2D eigenvalue weighted by atomic mass is 10.4. The molecule has 64 valence electrons. The van der Waals surface area contributed by atoms with E-state index < -0.39 is 0 Å². The van der Waals surface area contributed by atoms with E-state index in [0.717, 1.165) is 9.35 Å². The fraction of sp³-hybridized carbons (Fsp3) is 0.125. The van der Waals surface area contributed by atoms with Gasteiger partial charge in [-0.1, -0.05) is 0 Å². The maximum atomic E-state index is 10.7. The molecule has 0 amide bonds. The Balaban J connectivity index is 2.69. The fourth-order valence-corrected chi connectivity index (χ4v) is 2.03. The van der Waals surface area contributed by atoms with E-state index in [9.17, 15) is 4.79 Å². The molecule has 4 heteroatoms. The van der Waals surface area contributed by atoms with Gasteiger partial charge in [-0.3, -0.25) is 0 Å². The lowest BCUT2D eigenvalue weighted by molar-refractivity contribution is -0.134. The Morgan fingerprint density at radius 2 is 2.50 bits per heavy atom. The average molecular weight is 247 g/mol. The number of carbonyl (C=O) groups is 1. The van der Waals surface area contributed by atoms with Crippen molar-refractivity contribution in [2.75, 3.05) is 7.11 Å². The summed E-state index contributed by atoms with van der Waals surface area (Å²) in [4.78, 5) is 11.7. The molecule has 0 aliphatic carbocycles. The molecule has 0 unspecified atom stereocenters. The summed E-state index contributed by atoms with van der Waals surface area (Å²) >= 11 is 4.91. The van der Waals surface area contributed by atoms with Crippen molar-refractivity contribution in [3.8, 4) is 0 Å². The minimum absolute atomic E-state index is 0.338. The van der Waals surface area contributed by atoms with Gasteiger partial charge in [-0.15, -0.1) is 11.3 Å². The number of hydrogen-bond acceptors (Lipinski definition) is 3. The van der Waals surface area contributed by atoms with Gasteiger partial charge in [0.05, 0.1) is 7.11 Å². The molecule has 12 heavy (non-hydrogen) atoms. The highest BCUT2D eigenvalue weighted by molar-refractivity contribution is 9.10. The number of hydrogen-bond donors (Lipinski definition) is 0. The third-order valence-electron chi connectivity index (χ3n) is 1.22. The van der Waals surface area contributed by atoms with Crippen LogP contribution in [0, 0.1) is 0 Å². The van der Waals surface area contributed by atoms with Crippen LogP contribution in [0.3, 0.4) is 0 Å². The standard InChI is InChI=1S/C8H7BrO2S/c1-11-8(10)3-2-7-6(9)4-5-12-7/h2-5H,1H3/b3-2+. The van der Waals surface area contributed by atoms with E-state index in [1.165, 1.54) is 13.2 Å². The van der Waals surface area contributed by atoms with Crippen LogP contribution < -0.4 is 0 Å². The zero-order valence-corrected chi connectivity index (χ0v) is 8.81. The Hall–Kier alpha value is -0.610. The summed E-state index contributed by atoms with van der Waals surface area (Å²) in [7, 11) is 1.36. The summed E-state index contributed by atoms with van der Waals surface area (Å²) in [6.45, 7) is 0. The second-order valence-electron chi connectivity index (χ2n) is 1.99. The summed E-state index contributed by atoms with van der Waals surface area (Å²) in [5.74, 6) is -0.338. The fourth-order valence-electron chi connectivity index (χ4n) is 0.636. The molecule has 0 fully saturated rings. The van der Waals surface area contributed by atoms with Crippen molar-refractivity contribution in [1.82, 2.24) is 0 Å². The molecule has 1 heterocycles. The van der Waals surface area contributed by atoms with Crippen molar-refractivity contribution in [2.45, 2.75) is 0 Å². The predicted molar refractivity (Wildman–Crippen MR) is 53.1 cm³/mol. The molecule has 0 atom stereocenters. The number of esters is 1. The maximum absolute atomic E-state index is 10.7. The molecule has 0 saturated heterocycles. The van der Waals surface area contributed by atoms with Gasteiger partial charge in [0.2, 0.25) is 0 Å². The highest BCUT2D eigenvalue weighted by Crippen LogP contribution is 2.23. The molecule has 0 radical (unpaired) electrons. The van der Waals surface area contributed by atoms with Crippen LogP contribution in [0.15, 0.2) is 22.0 Å². The third-order valence-corrected chi connectivity index (χ3v) is 3.05. The van der Waals surface area contributed by atoms with Crippen LogP contribution in [-0.4, -0.2) is 13.1 Å². The number of carbonyl (C=O) groups excluding carboxylic acids is 1. The molecule has 1 aromatic rings. The number of methoxy groups -OCH3 is 1. The van der Waals surface area contributed by atoms with Crippen molar-refractivity contribution in [1.29, 1.82) is 0 Å². The van der Waals surface area contributed by atoms with Gasteiger partial charge in [0.1, 0.15) is 0 Å². The van der Waals surface area contributed by atoms with Crippen LogP contribution in [0.25, 0.3) is 6.08 Å². The Labute approximate surface area is 83.0 Å². The van der Waals surface area contributed by atoms with Gasteiger partial charge >= 0.3 is 5.97 Å². The number of ether oxygens (including phenoxy) is 1. The molecule has 0 N–H and O–H groups in total. The summed E-state index contributed by atoms with van der Waals surface area (Å²) in [5.41, 5.74) is 0. The zero-order chi connectivity index (χ0) is 8.97. The largest absolute Gasteiger partial charge is 0.466 e. The summed E-state index contributed by atoms with van der Waals surface area (Å²) < 4.78 is 5.45. The van der Waals surface area contributed by atoms with Gasteiger partial charge in [-0.05, 0) is 33.5 Å². The van der Waals surface area contributed by atoms with Gasteiger partial charge in [-0.25, -0.2) is 4.79 Å². The van der Waals surface area contributed by atoms with Gasteiger partial charge in [0.15, 0.2) is 0 Å². The summed E-state index contributed by atoms with van der Waals surface area (Å²) in [5, 5.41) is 1.95. The second-order valence-corrected chi connectivity index (χ2v) is 3.79. The molecule has 2 nitrogen and oxygen atoms in total. The molecule has 0 saturated carbocycles. The molecule has 1 aromatic heterocycles. The van der Waals surface area contributed by atoms with E-state index in [4.69, 9.17) is 0 Å². The first kappa shape index (κ1) is 9.48. The molecule has 0 aliphatic heterocycles. The minimum atomic E-state index is -0.338. The molecule has 0 aromatic carbocycles. The topological polar surface area (TPSA) is 26.3 Å². The lowest BCUT2D eigenvalue weighted by Gasteiger charge is -1.89. The van der Waals surface area contributed by atoms with Crippen LogP contribution in [0.4, 0.5) is 0 Å². The van der Waals surface area contributed by atoms with Crippen LogP contribution in [0.2, 0.25) is 0 Å². The summed E-state index contributed by atoms with van der Waals surface area (Å²) in [6.07, 6.45) is 3.12. The van der Waals surface area contributed by atoms with Crippen molar-refractivity contribution in [3.05, 3.63) is 26.9 Å². The van der Waals surface area contributed by atoms with E-state index in [1.54, 1.807) is 17.4 Å². The SMILES string of the molecule is COC(=O)/C=C/c1sccc1Br. The maximum Gasteiger partial charge on any atom is 0.330 e. The smallest absolute Gasteiger partial charge is 0.330 e. The first-order chi connectivity index (χ1) is 5.74. The highest BCUT2D eigenvalue weighted by atomic mass is 79.9. The molecule has 0 aliphatic rings. The van der Waals surface area contributed by atoms with E-state index in [1.807, 2.05) is 11.4 Å². The van der Waals surface area contributed by atoms with Gasteiger partial charge in [-0.2, -0.15) is 0 Å². The van der Waals surface area contributed by atoms with Crippen molar-refractivity contribution in [3.63, 3.8) is 0 Å². The average Bonchev–Trinajstić information content (AvgIpc) is 2.47. The van der Waals surface area contributed by atoms with E-state index in [2.05, 4.69) is 20.7 Å². The van der Waals surface area contributed by atoms with E-state index in [0.29, 0.717) is 0 Å². The van der Waals surface area contributed by atoms with E-state index in [-0.39, 0.29) is 5.97 Å². The minimum Gasteiger partial charge on any atom is -0.466 e. The number of thiophene rings is 1. The quantitative estimate of drug-likeness (QED) is 0.593. The monoisotopic (exact) mass is 246 g/mol. The Bertz CT molecular complexity index is 304. The summed E-state index contributed by atoms with van der Waals surface area (Å²) in [6, 6.07) is 1.93. The van der Waals surface area contributed by atoms with Crippen molar-refractivity contribution >= 4 is 39.3 Å². The molecular formula is C8H7BrO2S. The van der Waals surface area contributed by atoms with Crippen molar-refractivity contribution in [2.24, 2.45) is 0 Å². The normalized spacial score (nSPS) is 10.5. The van der Waals surface area contributed by atoms with Crippen LogP contribution >= 0.6 is 27.3 Å². The zero-order valence-electron chi connectivity index (χ0n) is 6.41. The third kappa shape index (κ3) is 2.46. The molecule has 1 rings (SSSR count). The molecular weight excluding hydrogens is 240 g/mol. The first-order valence-electron chi connectivity index (χ1n) is 3.23. The van der Waals surface area contributed by atoms with E-state index >= 15 is 0 Å². The van der Waals surface area contributed by atoms with Crippen LogP contribution in [-0.2, 0) is 9.53 Å². The van der Waals surface area contributed by atoms with Gasteiger partial charge in [0.25, 0.3) is 0 Å². The Kier molecular flexibility index (Phi) is 3.49. The van der Waals surface area contributed by atoms with Gasteiger partial charge < -0.3 is 4.74 Å². The second kappa shape index (κ2) is 4.42. The Morgan fingerprint density at radius 1 is 1.75 bits per heavy atom. The van der Waals surface area contributed by atoms with Crippen LogP contribution in [0.5, 0.6) is 0 Å². The number of halogens is 1. The predicted octanol–water partition coefficient (Wildman–Crippen LogP) is 2.70. The molecule has 0 bridgehead atoms. The van der Waals surface area contributed by atoms with Crippen LogP contribution in [0.1, 0.15) is 4.88 Å². The first-order valence-corrected chi connectivity index (χ1v) is 4.90. The van der Waals surface area contributed by atoms with Crippen molar-refractivity contribution < 1.29 is 9.53 Å². The number of rotatable bonds is 2. The Morgan fingerprint density at radius 3 is 3.00 bits per heavy atom. The highest BCUT2D eigenvalue weighted by Gasteiger charge is 1.97. The lowest BCUT2D eigenvalue weighted by Crippen LogP contribution is -1.92.